The highest BCUT2D eigenvalue weighted by Crippen LogP contribution is 2.31. The van der Waals surface area contributed by atoms with Crippen molar-refractivity contribution in [3.8, 4) is 0 Å². The van der Waals surface area contributed by atoms with E-state index in [9.17, 15) is 14.7 Å². The fourth-order valence-electron chi connectivity index (χ4n) is 2.65. The molecule has 1 amide bonds. The van der Waals surface area contributed by atoms with E-state index in [-0.39, 0.29) is 5.91 Å². The van der Waals surface area contributed by atoms with Crippen LogP contribution in [0.15, 0.2) is 22.7 Å². The summed E-state index contributed by atoms with van der Waals surface area (Å²) >= 11 is 3.42. The molecule has 20 heavy (non-hydrogen) atoms. The third kappa shape index (κ3) is 3.39. The highest BCUT2D eigenvalue weighted by atomic mass is 79.9. The highest BCUT2D eigenvalue weighted by molar-refractivity contribution is 9.10. The minimum absolute atomic E-state index is 0.187. The van der Waals surface area contributed by atoms with E-state index in [1.165, 1.54) is 0 Å². The Hall–Kier alpha value is -1.36. The number of hydrogen-bond donors (Lipinski definition) is 2. The van der Waals surface area contributed by atoms with E-state index in [0.29, 0.717) is 18.5 Å². The fraction of sp³-hybridized carbons (Fsp3) is 0.467. The van der Waals surface area contributed by atoms with Crippen LogP contribution in [0.1, 0.15) is 31.2 Å². The summed E-state index contributed by atoms with van der Waals surface area (Å²) in [6, 6.07) is 5.58. The van der Waals surface area contributed by atoms with Crippen LogP contribution >= 0.6 is 15.9 Å². The lowest BCUT2D eigenvalue weighted by Gasteiger charge is -2.27. The molecule has 0 aromatic heterocycles. The maximum atomic E-state index is 12.3. The summed E-state index contributed by atoms with van der Waals surface area (Å²) in [5.41, 5.74) is 1.78. The smallest absolute Gasteiger partial charge is 0.307 e. The number of amides is 1. The van der Waals surface area contributed by atoms with Crippen LogP contribution in [0.25, 0.3) is 0 Å². The predicted octanol–water partition coefficient (Wildman–Crippen LogP) is 3.59. The Labute approximate surface area is 126 Å². The molecule has 2 atom stereocenters. The number of carbonyl (C=O) groups is 2. The number of halogens is 1. The number of carboxylic acid groups (broad SMARTS) is 1. The summed E-state index contributed by atoms with van der Waals surface area (Å²) in [7, 11) is 0. The van der Waals surface area contributed by atoms with Gasteiger partial charge in [-0.2, -0.15) is 0 Å². The summed E-state index contributed by atoms with van der Waals surface area (Å²) < 4.78 is 0.925. The molecule has 4 nitrogen and oxygen atoms in total. The van der Waals surface area contributed by atoms with Gasteiger partial charge in [0.05, 0.1) is 11.8 Å². The van der Waals surface area contributed by atoms with Gasteiger partial charge in [0.15, 0.2) is 0 Å². The van der Waals surface area contributed by atoms with Crippen LogP contribution < -0.4 is 5.32 Å². The Morgan fingerprint density at radius 3 is 2.50 bits per heavy atom. The van der Waals surface area contributed by atoms with Crippen LogP contribution in [-0.4, -0.2) is 17.0 Å². The van der Waals surface area contributed by atoms with E-state index in [1.54, 1.807) is 0 Å². The second-order valence-corrected chi connectivity index (χ2v) is 6.14. The largest absolute Gasteiger partial charge is 0.481 e. The van der Waals surface area contributed by atoms with E-state index < -0.39 is 17.8 Å². The first-order valence-electron chi connectivity index (χ1n) is 6.79. The van der Waals surface area contributed by atoms with E-state index >= 15 is 0 Å². The Balaban J connectivity index is 2.09. The minimum atomic E-state index is -0.866. The number of aryl methyl sites for hydroxylation is 1. The molecule has 1 aliphatic rings. The van der Waals surface area contributed by atoms with Crippen LogP contribution in [0.3, 0.4) is 0 Å². The van der Waals surface area contributed by atoms with Gasteiger partial charge >= 0.3 is 5.97 Å². The van der Waals surface area contributed by atoms with E-state index in [4.69, 9.17) is 0 Å². The standard InChI is InChI=1S/C15H18BrNO3/c1-9-6-7-10(8-13(9)16)17-14(18)11-4-2-3-5-12(11)15(19)20/h6-8,11-12H,2-5H2,1H3,(H,17,18)(H,19,20). The first-order valence-corrected chi connectivity index (χ1v) is 7.58. The molecule has 108 valence electrons. The van der Waals surface area contributed by atoms with Crippen LogP contribution in [0.4, 0.5) is 5.69 Å². The summed E-state index contributed by atoms with van der Waals surface area (Å²) in [6.07, 6.45) is 3.04. The molecule has 1 saturated carbocycles. The second kappa shape index (κ2) is 6.39. The Morgan fingerprint density at radius 2 is 1.90 bits per heavy atom. The maximum absolute atomic E-state index is 12.3. The molecule has 2 unspecified atom stereocenters. The molecule has 1 aliphatic carbocycles. The maximum Gasteiger partial charge on any atom is 0.307 e. The zero-order chi connectivity index (χ0) is 14.7. The van der Waals surface area contributed by atoms with Crippen molar-refractivity contribution < 1.29 is 14.7 Å². The zero-order valence-corrected chi connectivity index (χ0v) is 12.9. The molecule has 0 spiro atoms. The van der Waals surface area contributed by atoms with Crippen molar-refractivity contribution in [3.63, 3.8) is 0 Å². The third-order valence-electron chi connectivity index (χ3n) is 3.86. The highest BCUT2D eigenvalue weighted by Gasteiger charge is 2.35. The monoisotopic (exact) mass is 339 g/mol. The Bertz CT molecular complexity index is 530. The molecule has 1 aromatic rings. The molecule has 0 heterocycles. The van der Waals surface area contributed by atoms with Gasteiger partial charge in [-0.15, -0.1) is 0 Å². The van der Waals surface area contributed by atoms with Crippen molar-refractivity contribution in [1.82, 2.24) is 0 Å². The molecule has 1 aromatic carbocycles. The van der Waals surface area contributed by atoms with Gasteiger partial charge in [-0.3, -0.25) is 9.59 Å². The summed E-state index contributed by atoms with van der Waals surface area (Å²) in [6.45, 7) is 1.97. The number of rotatable bonds is 3. The van der Waals surface area contributed by atoms with Gasteiger partial charge in [0.2, 0.25) is 5.91 Å². The molecular weight excluding hydrogens is 322 g/mol. The van der Waals surface area contributed by atoms with E-state index in [2.05, 4.69) is 21.2 Å². The molecule has 2 rings (SSSR count). The van der Waals surface area contributed by atoms with Crippen LogP contribution in [0.5, 0.6) is 0 Å². The predicted molar refractivity (Wildman–Crippen MR) is 80.6 cm³/mol. The fourth-order valence-corrected chi connectivity index (χ4v) is 3.02. The molecule has 0 radical (unpaired) electrons. The lowest BCUT2D eigenvalue weighted by Crippen LogP contribution is -2.36. The lowest BCUT2D eigenvalue weighted by molar-refractivity contribution is -0.147. The van der Waals surface area contributed by atoms with Crippen molar-refractivity contribution in [2.45, 2.75) is 32.6 Å². The topological polar surface area (TPSA) is 66.4 Å². The summed E-state index contributed by atoms with van der Waals surface area (Å²) in [5.74, 6) is -2.04. The quantitative estimate of drug-likeness (QED) is 0.884. The average molecular weight is 340 g/mol. The normalized spacial score (nSPS) is 22.3. The second-order valence-electron chi connectivity index (χ2n) is 5.29. The molecular formula is C15H18BrNO3. The zero-order valence-electron chi connectivity index (χ0n) is 11.4. The van der Waals surface area contributed by atoms with Gasteiger partial charge in [0.1, 0.15) is 0 Å². The summed E-state index contributed by atoms with van der Waals surface area (Å²) in [4.78, 5) is 23.5. The van der Waals surface area contributed by atoms with Crippen LogP contribution in [0.2, 0.25) is 0 Å². The number of aliphatic carboxylic acids is 1. The third-order valence-corrected chi connectivity index (χ3v) is 4.71. The molecule has 0 bridgehead atoms. The molecule has 2 N–H and O–H groups in total. The number of nitrogens with one attached hydrogen (secondary N) is 1. The van der Waals surface area contributed by atoms with Gasteiger partial charge in [-0.05, 0) is 37.5 Å². The number of carbonyl (C=O) groups excluding carboxylic acids is 1. The van der Waals surface area contributed by atoms with Gasteiger partial charge < -0.3 is 10.4 Å². The summed E-state index contributed by atoms with van der Waals surface area (Å²) in [5, 5.41) is 12.0. The number of carboxylic acids is 1. The van der Waals surface area contributed by atoms with Gasteiger partial charge in [0.25, 0.3) is 0 Å². The van der Waals surface area contributed by atoms with Gasteiger partial charge in [-0.25, -0.2) is 0 Å². The number of benzene rings is 1. The van der Waals surface area contributed by atoms with Crippen molar-refractivity contribution in [2.24, 2.45) is 11.8 Å². The molecule has 0 aliphatic heterocycles. The van der Waals surface area contributed by atoms with Gasteiger partial charge in [0, 0.05) is 10.2 Å². The molecule has 5 heteroatoms. The SMILES string of the molecule is Cc1ccc(NC(=O)C2CCCCC2C(=O)O)cc1Br. The molecule has 0 saturated heterocycles. The average Bonchev–Trinajstić information content (AvgIpc) is 2.43. The van der Waals surface area contributed by atoms with E-state index in [1.807, 2.05) is 25.1 Å². The molecule has 1 fully saturated rings. The first kappa shape index (κ1) is 15.0. The first-order chi connectivity index (χ1) is 9.49. The van der Waals surface area contributed by atoms with Crippen molar-refractivity contribution in [3.05, 3.63) is 28.2 Å². The Morgan fingerprint density at radius 1 is 1.25 bits per heavy atom. The Kier molecular flexibility index (Phi) is 4.81. The van der Waals surface area contributed by atoms with Gasteiger partial charge in [-0.1, -0.05) is 34.8 Å². The van der Waals surface area contributed by atoms with Crippen molar-refractivity contribution >= 4 is 33.5 Å². The van der Waals surface area contributed by atoms with Crippen LogP contribution in [0, 0.1) is 18.8 Å². The van der Waals surface area contributed by atoms with Crippen molar-refractivity contribution in [1.29, 1.82) is 0 Å². The lowest BCUT2D eigenvalue weighted by atomic mass is 9.78. The number of hydrogen-bond acceptors (Lipinski definition) is 2. The van der Waals surface area contributed by atoms with E-state index in [0.717, 1.165) is 22.9 Å². The minimum Gasteiger partial charge on any atom is -0.481 e. The van der Waals surface area contributed by atoms with Crippen LogP contribution in [-0.2, 0) is 9.59 Å². The number of anilines is 1. The van der Waals surface area contributed by atoms with Crippen molar-refractivity contribution in [2.75, 3.05) is 5.32 Å².